The van der Waals surface area contributed by atoms with Gasteiger partial charge in [0.2, 0.25) is 11.7 Å². The van der Waals surface area contributed by atoms with E-state index in [2.05, 4.69) is 10.4 Å². The number of nitrogen functional groups attached to an aromatic ring is 1. The van der Waals surface area contributed by atoms with Crippen LogP contribution in [0, 0.1) is 12.3 Å². The number of ether oxygens (including phenoxy) is 1. The fraction of sp³-hybridized carbons (Fsp3) is 0.455. The molecule has 0 atom stereocenters. The predicted molar refractivity (Wildman–Crippen MR) is 117 cm³/mol. The number of hydrogen-bond acceptors (Lipinski definition) is 6. The summed E-state index contributed by atoms with van der Waals surface area (Å²) in [6.07, 6.45) is 1.95. The summed E-state index contributed by atoms with van der Waals surface area (Å²) in [5.41, 5.74) is 7.12. The van der Waals surface area contributed by atoms with Crippen molar-refractivity contribution in [3.8, 4) is 0 Å². The van der Waals surface area contributed by atoms with E-state index in [1.165, 1.54) is 0 Å². The summed E-state index contributed by atoms with van der Waals surface area (Å²) in [6.45, 7) is 6.90. The molecular formula is C22H27ClN4O4. The molecule has 1 aromatic carbocycles. The van der Waals surface area contributed by atoms with Crippen LogP contribution in [0.4, 0.5) is 5.82 Å². The number of aryl methyl sites for hydroxylation is 1. The first kappa shape index (κ1) is 22.8. The Hall–Kier alpha value is -2.87. The van der Waals surface area contributed by atoms with Crippen molar-refractivity contribution in [1.29, 1.82) is 0 Å². The van der Waals surface area contributed by atoms with Gasteiger partial charge in [-0.3, -0.25) is 9.59 Å². The van der Waals surface area contributed by atoms with Crippen LogP contribution in [0.2, 0.25) is 5.02 Å². The van der Waals surface area contributed by atoms with Crippen LogP contribution in [0.15, 0.2) is 18.2 Å². The zero-order valence-corrected chi connectivity index (χ0v) is 18.9. The van der Waals surface area contributed by atoms with Crippen molar-refractivity contribution in [3.63, 3.8) is 0 Å². The number of nitrogens with one attached hydrogen (secondary N) is 1. The molecule has 1 saturated carbocycles. The van der Waals surface area contributed by atoms with Crippen molar-refractivity contribution in [1.82, 2.24) is 15.1 Å². The highest BCUT2D eigenvalue weighted by Crippen LogP contribution is 2.37. The van der Waals surface area contributed by atoms with Crippen LogP contribution >= 0.6 is 11.6 Å². The highest BCUT2D eigenvalue weighted by Gasteiger charge is 2.31. The Kier molecular flexibility index (Phi) is 6.40. The lowest BCUT2D eigenvalue weighted by molar-refractivity contribution is -0.128. The number of rotatable bonds is 7. The van der Waals surface area contributed by atoms with Crippen LogP contribution in [0.25, 0.3) is 0 Å². The minimum absolute atomic E-state index is 0.107. The van der Waals surface area contributed by atoms with Gasteiger partial charge < -0.3 is 15.8 Å². The van der Waals surface area contributed by atoms with Crippen molar-refractivity contribution in [3.05, 3.63) is 45.6 Å². The number of aromatic nitrogens is 2. The standard InChI is InChI=1S/C22H27ClN4O4/c1-12-18(19(24)27(26-12)14-6-7-14)20(29)31-11-17(28)15-9-13(5-8-16(15)23)10-25-21(30)22(2,3)4/h5,8-9,14H,6-7,10-11,24H2,1-4H3,(H,25,30). The fourth-order valence-electron chi connectivity index (χ4n) is 3.04. The van der Waals surface area contributed by atoms with E-state index in [9.17, 15) is 14.4 Å². The number of Topliss-reactive ketones (excluding diaryl/α,β-unsaturated/α-hetero) is 1. The van der Waals surface area contributed by atoms with Crippen molar-refractivity contribution >= 4 is 35.1 Å². The summed E-state index contributed by atoms with van der Waals surface area (Å²) in [7, 11) is 0. The molecule has 1 aliphatic rings. The molecular weight excluding hydrogens is 420 g/mol. The number of carbonyl (C=O) groups excluding carboxylic acids is 3. The Balaban J connectivity index is 1.65. The van der Waals surface area contributed by atoms with Crippen molar-refractivity contribution in [2.75, 3.05) is 12.3 Å². The molecule has 3 rings (SSSR count). The summed E-state index contributed by atoms with van der Waals surface area (Å²) >= 11 is 6.17. The number of halogens is 1. The number of anilines is 1. The molecule has 31 heavy (non-hydrogen) atoms. The lowest BCUT2D eigenvalue weighted by atomic mass is 9.95. The molecule has 1 fully saturated rings. The molecule has 1 aliphatic carbocycles. The molecule has 1 heterocycles. The average Bonchev–Trinajstić information content (AvgIpc) is 3.49. The van der Waals surface area contributed by atoms with Crippen LogP contribution in [-0.2, 0) is 16.1 Å². The van der Waals surface area contributed by atoms with E-state index in [-0.39, 0.29) is 40.5 Å². The Morgan fingerprint density at radius 2 is 1.97 bits per heavy atom. The molecule has 1 amide bonds. The van der Waals surface area contributed by atoms with Crippen LogP contribution < -0.4 is 11.1 Å². The summed E-state index contributed by atoms with van der Waals surface area (Å²) < 4.78 is 6.85. The number of hydrogen-bond donors (Lipinski definition) is 2. The molecule has 0 radical (unpaired) electrons. The average molecular weight is 447 g/mol. The third-order valence-corrected chi connectivity index (χ3v) is 5.35. The topological polar surface area (TPSA) is 116 Å². The van der Waals surface area contributed by atoms with E-state index < -0.39 is 23.8 Å². The molecule has 166 valence electrons. The monoisotopic (exact) mass is 446 g/mol. The third-order valence-electron chi connectivity index (χ3n) is 5.02. The zero-order chi connectivity index (χ0) is 22.9. The predicted octanol–water partition coefficient (Wildman–Crippen LogP) is 3.46. The molecule has 1 aromatic heterocycles. The summed E-state index contributed by atoms with van der Waals surface area (Å²) in [6, 6.07) is 5.12. The Labute approximate surface area is 186 Å². The van der Waals surface area contributed by atoms with Gasteiger partial charge in [-0.2, -0.15) is 5.10 Å². The first-order chi connectivity index (χ1) is 14.5. The lowest BCUT2D eigenvalue weighted by Gasteiger charge is -2.18. The summed E-state index contributed by atoms with van der Waals surface area (Å²) in [5.74, 6) is -0.996. The van der Waals surface area contributed by atoms with Crippen LogP contribution in [0.5, 0.6) is 0 Å². The van der Waals surface area contributed by atoms with Gasteiger partial charge in [0.1, 0.15) is 11.4 Å². The van der Waals surface area contributed by atoms with Gasteiger partial charge in [-0.1, -0.05) is 38.4 Å². The molecule has 3 N–H and O–H groups in total. The van der Waals surface area contributed by atoms with Crippen LogP contribution in [-0.4, -0.2) is 34.0 Å². The largest absolute Gasteiger partial charge is 0.454 e. The van der Waals surface area contributed by atoms with Crippen molar-refractivity contribution < 1.29 is 19.1 Å². The molecule has 0 saturated heterocycles. The van der Waals surface area contributed by atoms with E-state index in [4.69, 9.17) is 22.1 Å². The number of nitrogens with two attached hydrogens (primary N) is 1. The number of nitrogens with zero attached hydrogens (tertiary/aromatic N) is 2. The van der Waals surface area contributed by atoms with Crippen molar-refractivity contribution in [2.45, 2.75) is 53.1 Å². The molecule has 0 spiro atoms. The normalized spacial score (nSPS) is 13.7. The van der Waals surface area contributed by atoms with Gasteiger partial charge in [0.25, 0.3) is 0 Å². The summed E-state index contributed by atoms with van der Waals surface area (Å²) in [5, 5.41) is 7.37. The van der Waals surface area contributed by atoms with Gasteiger partial charge >= 0.3 is 5.97 Å². The van der Waals surface area contributed by atoms with Gasteiger partial charge in [-0.05, 0) is 37.5 Å². The van der Waals surface area contributed by atoms with Gasteiger partial charge in [-0.25, -0.2) is 9.48 Å². The molecule has 0 aliphatic heterocycles. The zero-order valence-electron chi connectivity index (χ0n) is 18.1. The maximum absolute atomic E-state index is 12.6. The molecule has 8 nitrogen and oxygen atoms in total. The first-order valence-electron chi connectivity index (χ1n) is 10.1. The van der Waals surface area contributed by atoms with E-state index in [1.807, 2.05) is 20.8 Å². The number of esters is 1. The Morgan fingerprint density at radius 3 is 2.58 bits per heavy atom. The molecule has 2 aromatic rings. The van der Waals surface area contributed by atoms with Gasteiger partial charge in [0.05, 0.1) is 16.8 Å². The van der Waals surface area contributed by atoms with Crippen molar-refractivity contribution in [2.24, 2.45) is 5.41 Å². The van der Waals surface area contributed by atoms with Crippen LogP contribution in [0.3, 0.4) is 0 Å². The maximum atomic E-state index is 12.6. The number of carbonyl (C=O) groups is 3. The first-order valence-corrected chi connectivity index (χ1v) is 10.5. The maximum Gasteiger partial charge on any atom is 0.344 e. The highest BCUT2D eigenvalue weighted by molar-refractivity contribution is 6.34. The van der Waals surface area contributed by atoms with E-state index >= 15 is 0 Å². The van der Waals surface area contributed by atoms with E-state index in [0.29, 0.717) is 11.3 Å². The molecule has 0 unspecified atom stereocenters. The Bertz CT molecular complexity index is 1030. The quantitative estimate of drug-likeness (QED) is 0.497. The van der Waals surface area contributed by atoms with E-state index in [0.717, 1.165) is 12.8 Å². The van der Waals surface area contributed by atoms with Gasteiger partial charge in [0.15, 0.2) is 6.61 Å². The lowest BCUT2D eigenvalue weighted by Crippen LogP contribution is -2.34. The second-order valence-corrected chi connectivity index (χ2v) is 9.17. The number of ketones is 1. The Morgan fingerprint density at radius 1 is 1.29 bits per heavy atom. The minimum Gasteiger partial charge on any atom is -0.454 e. The molecule has 0 bridgehead atoms. The smallest absolute Gasteiger partial charge is 0.344 e. The van der Waals surface area contributed by atoms with E-state index in [1.54, 1.807) is 29.8 Å². The minimum atomic E-state index is -0.694. The summed E-state index contributed by atoms with van der Waals surface area (Å²) in [4.78, 5) is 37.2. The second-order valence-electron chi connectivity index (χ2n) is 8.77. The fourth-order valence-corrected chi connectivity index (χ4v) is 3.26. The number of amides is 1. The number of benzene rings is 1. The SMILES string of the molecule is Cc1nn(C2CC2)c(N)c1C(=O)OCC(=O)c1cc(CNC(=O)C(C)(C)C)ccc1Cl. The van der Waals surface area contributed by atoms with Gasteiger partial charge in [0, 0.05) is 17.5 Å². The highest BCUT2D eigenvalue weighted by atomic mass is 35.5. The third kappa shape index (κ3) is 5.25. The van der Waals surface area contributed by atoms with Crippen LogP contribution in [0.1, 0.15) is 71.6 Å². The van der Waals surface area contributed by atoms with Gasteiger partial charge in [-0.15, -0.1) is 0 Å². The second kappa shape index (κ2) is 8.70. The molecule has 9 heteroatoms.